The molecule has 1 aromatic heterocycles. The maximum absolute atomic E-state index is 5.73. The second-order valence-electron chi connectivity index (χ2n) is 7.26. The summed E-state index contributed by atoms with van der Waals surface area (Å²) in [7, 11) is 3.36. The molecule has 3 heterocycles. The predicted octanol–water partition coefficient (Wildman–Crippen LogP) is 0.608. The number of piperazine rings is 1. The Morgan fingerprint density at radius 1 is 1.28 bits per heavy atom. The summed E-state index contributed by atoms with van der Waals surface area (Å²) in [5.74, 6) is 2.63. The number of nitrogens with one attached hydrogen (secondary N) is 1. The summed E-state index contributed by atoms with van der Waals surface area (Å²) in [4.78, 5) is 13.9. The van der Waals surface area contributed by atoms with Crippen molar-refractivity contribution in [2.45, 2.75) is 19.1 Å². The van der Waals surface area contributed by atoms with Crippen LogP contribution in [-0.4, -0.2) is 101 Å². The maximum atomic E-state index is 5.73. The Labute approximate surface area is 173 Å². The molecule has 0 aromatic carbocycles. The minimum atomic E-state index is 0.0167. The van der Waals surface area contributed by atoms with Crippen LogP contribution in [0.25, 0.3) is 0 Å². The van der Waals surface area contributed by atoms with Crippen molar-refractivity contribution >= 4 is 11.8 Å². The van der Waals surface area contributed by atoms with Crippen molar-refractivity contribution in [3.8, 4) is 5.75 Å². The Bertz CT molecular complexity index is 628. The molecule has 1 N–H and O–H groups in total. The number of hydrogen-bond donors (Lipinski definition) is 1. The lowest BCUT2D eigenvalue weighted by atomic mass is 10.3. The Balaban J connectivity index is 1.59. The number of guanidine groups is 1. The first-order chi connectivity index (χ1) is 14.2. The molecular formula is C20H33N5O4. The summed E-state index contributed by atoms with van der Waals surface area (Å²) in [6, 6.07) is 4.12. The van der Waals surface area contributed by atoms with Crippen LogP contribution in [0.2, 0.25) is 0 Å². The first kappa shape index (κ1) is 21.6. The monoisotopic (exact) mass is 407 g/mol. The van der Waals surface area contributed by atoms with E-state index in [1.165, 1.54) is 0 Å². The van der Waals surface area contributed by atoms with E-state index in [-0.39, 0.29) is 12.1 Å². The second-order valence-corrected chi connectivity index (χ2v) is 7.26. The molecule has 2 saturated heterocycles. The zero-order valence-electron chi connectivity index (χ0n) is 17.7. The molecule has 0 spiro atoms. The summed E-state index contributed by atoms with van der Waals surface area (Å²) in [6.45, 7) is 8.68. The Kier molecular flexibility index (Phi) is 8.33. The van der Waals surface area contributed by atoms with E-state index < -0.39 is 0 Å². The third kappa shape index (κ3) is 6.45. The molecule has 0 aliphatic carbocycles. The average molecular weight is 408 g/mol. The minimum Gasteiger partial charge on any atom is -0.495 e. The van der Waals surface area contributed by atoms with Crippen LogP contribution in [-0.2, 0) is 14.2 Å². The van der Waals surface area contributed by atoms with Gasteiger partial charge in [-0.3, -0.25) is 4.99 Å². The predicted molar refractivity (Wildman–Crippen MR) is 112 cm³/mol. The van der Waals surface area contributed by atoms with Gasteiger partial charge in [0.25, 0.3) is 0 Å². The highest BCUT2D eigenvalue weighted by Gasteiger charge is 2.23. The maximum Gasteiger partial charge on any atom is 0.194 e. The van der Waals surface area contributed by atoms with Crippen LogP contribution in [0.15, 0.2) is 23.3 Å². The number of anilines is 1. The first-order valence-corrected chi connectivity index (χ1v) is 10.2. The van der Waals surface area contributed by atoms with E-state index in [1.54, 1.807) is 20.4 Å². The fourth-order valence-electron chi connectivity index (χ4n) is 3.41. The van der Waals surface area contributed by atoms with Crippen molar-refractivity contribution in [2.24, 2.45) is 4.99 Å². The SMILES string of the molecule is COCC(C)NC(=NCC1COCCO1)N1CCN(c2ccc(OC)cn2)CC1. The van der Waals surface area contributed by atoms with Crippen molar-refractivity contribution in [1.29, 1.82) is 0 Å². The van der Waals surface area contributed by atoms with Gasteiger partial charge in [0.05, 0.1) is 46.3 Å². The molecule has 2 aliphatic heterocycles. The van der Waals surface area contributed by atoms with Gasteiger partial charge in [0.1, 0.15) is 17.7 Å². The summed E-state index contributed by atoms with van der Waals surface area (Å²) in [5, 5.41) is 3.50. The van der Waals surface area contributed by atoms with Gasteiger partial charge in [0.2, 0.25) is 0 Å². The minimum absolute atomic E-state index is 0.0167. The fourth-order valence-corrected chi connectivity index (χ4v) is 3.41. The van der Waals surface area contributed by atoms with E-state index in [2.05, 4.69) is 27.0 Å². The summed E-state index contributed by atoms with van der Waals surface area (Å²) >= 11 is 0. The molecule has 0 bridgehead atoms. The van der Waals surface area contributed by atoms with Crippen molar-refractivity contribution < 1.29 is 18.9 Å². The number of ether oxygens (including phenoxy) is 4. The zero-order valence-corrected chi connectivity index (χ0v) is 17.7. The topological polar surface area (TPSA) is 80.7 Å². The summed E-state index contributed by atoms with van der Waals surface area (Å²) in [5.41, 5.74) is 0. The van der Waals surface area contributed by atoms with E-state index in [4.69, 9.17) is 23.9 Å². The molecule has 9 heteroatoms. The van der Waals surface area contributed by atoms with Crippen LogP contribution in [0, 0.1) is 0 Å². The molecule has 2 aliphatic rings. The number of aromatic nitrogens is 1. The Morgan fingerprint density at radius 2 is 2.10 bits per heavy atom. The van der Waals surface area contributed by atoms with E-state index in [9.17, 15) is 0 Å². The molecule has 2 atom stereocenters. The highest BCUT2D eigenvalue weighted by Crippen LogP contribution is 2.17. The highest BCUT2D eigenvalue weighted by atomic mass is 16.6. The van der Waals surface area contributed by atoms with Crippen molar-refractivity contribution in [3.05, 3.63) is 18.3 Å². The van der Waals surface area contributed by atoms with Gasteiger partial charge in [-0.1, -0.05) is 0 Å². The number of hydrogen-bond acceptors (Lipinski definition) is 7. The van der Waals surface area contributed by atoms with Crippen LogP contribution in [0.4, 0.5) is 5.82 Å². The average Bonchev–Trinajstić information content (AvgIpc) is 2.78. The molecule has 162 valence electrons. The Hall–Kier alpha value is -2.10. The summed E-state index contributed by atoms with van der Waals surface area (Å²) in [6.07, 6.45) is 1.78. The number of pyridine rings is 1. The number of nitrogens with zero attached hydrogens (tertiary/aromatic N) is 4. The molecule has 3 rings (SSSR count). The molecule has 29 heavy (non-hydrogen) atoms. The van der Waals surface area contributed by atoms with E-state index in [0.29, 0.717) is 33.0 Å². The highest BCUT2D eigenvalue weighted by molar-refractivity contribution is 5.80. The third-order valence-electron chi connectivity index (χ3n) is 4.98. The van der Waals surface area contributed by atoms with Crippen molar-refractivity contribution in [3.63, 3.8) is 0 Å². The molecular weight excluding hydrogens is 374 g/mol. The lowest BCUT2D eigenvalue weighted by molar-refractivity contribution is -0.0833. The molecule has 2 unspecified atom stereocenters. The van der Waals surface area contributed by atoms with Gasteiger partial charge in [0, 0.05) is 39.3 Å². The van der Waals surface area contributed by atoms with Gasteiger partial charge in [-0.2, -0.15) is 0 Å². The van der Waals surface area contributed by atoms with Crippen LogP contribution >= 0.6 is 0 Å². The van der Waals surface area contributed by atoms with Crippen LogP contribution < -0.4 is 15.0 Å². The van der Waals surface area contributed by atoms with Crippen molar-refractivity contribution in [1.82, 2.24) is 15.2 Å². The second kappa shape index (κ2) is 11.2. The van der Waals surface area contributed by atoms with Gasteiger partial charge in [-0.05, 0) is 19.1 Å². The third-order valence-corrected chi connectivity index (χ3v) is 4.98. The largest absolute Gasteiger partial charge is 0.495 e. The number of aliphatic imine (C=N–C) groups is 1. The molecule has 0 amide bonds. The molecule has 0 radical (unpaired) electrons. The standard InChI is InChI=1S/C20H33N5O4/c1-16(14-26-2)23-20(22-13-18-15-28-10-11-29-18)25-8-6-24(7-9-25)19-5-4-17(27-3)12-21-19/h4-5,12,16,18H,6-11,13-15H2,1-3H3,(H,22,23). The van der Waals surface area contributed by atoms with E-state index in [1.807, 2.05) is 12.1 Å². The first-order valence-electron chi connectivity index (χ1n) is 10.2. The zero-order chi connectivity index (χ0) is 20.5. The van der Waals surface area contributed by atoms with E-state index in [0.717, 1.165) is 43.7 Å². The molecule has 2 fully saturated rings. The summed E-state index contributed by atoms with van der Waals surface area (Å²) < 4.78 is 21.7. The van der Waals surface area contributed by atoms with Gasteiger partial charge >= 0.3 is 0 Å². The van der Waals surface area contributed by atoms with Crippen LogP contribution in [0.5, 0.6) is 5.75 Å². The lowest BCUT2D eigenvalue weighted by Gasteiger charge is -2.38. The molecule has 0 saturated carbocycles. The lowest BCUT2D eigenvalue weighted by Crippen LogP contribution is -2.54. The van der Waals surface area contributed by atoms with Gasteiger partial charge in [0.15, 0.2) is 5.96 Å². The van der Waals surface area contributed by atoms with Gasteiger partial charge < -0.3 is 34.1 Å². The van der Waals surface area contributed by atoms with Crippen molar-refractivity contribution in [2.75, 3.05) is 78.3 Å². The van der Waals surface area contributed by atoms with Gasteiger partial charge in [-0.15, -0.1) is 0 Å². The number of methoxy groups -OCH3 is 2. The van der Waals surface area contributed by atoms with Gasteiger partial charge in [-0.25, -0.2) is 4.98 Å². The molecule has 1 aromatic rings. The quantitative estimate of drug-likeness (QED) is 0.520. The van der Waals surface area contributed by atoms with Crippen LogP contribution in [0.3, 0.4) is 0 Å². The molecule has 9 nitrogen and oxygen atoms in total. The smallest absolute Gasteiger partial charge is 0.194 e. The number of rotatable bonds is 7. The fraction of sp³-hybridized carbons (Fsp3) is 0.700. The Morgan fingerprint density at radius 3 is 2.72 bits per heavy atom. The van der Waals surface area contributed by atoms with E-state index >= 15 is 0 Å². The normalized spacial score (nSPS) is 21.8. The van der Waals surface area contributed by atoms with Crippen LogP contribution in [0.1, 0.15) is 6.92 Å².